The van der Waals surface area contributed by atoms with E-state index in [-0.39, 0.29) is 30.9 Å². The fourth-order valence-electron chi connectivity index (χ4n) is 3.76. The molecule has 148 valence electrons. The molecule has 2 unspecified atom stereocenters. The van der Waals surface area contributed by atoms with E-state index in [1.165, 1.54) is 4.90 Å². The highest BCUT2D eigenvalue weighted by atomic mass is 16.7. The number of oxime groups is 1. The molecule has 9 nitrogen and oxygen atoms in total. The Bertz CT molecular complexity index is 853. The van der Waals surface area contributed by atoms with Crippen LogP contribution in [0.5, 0.6) is 5.75 Å². The number of carbonyl (C=O) groups is 3. The molecule has 28 heavy (non-hydrogen) atoms. The molecular formula is C19H22N4O5. The van der Waals surface area contributed by atoms with E-state index in [1.807, 2.05) is 13.1 Å². The van der Waals surface area contributed by atoms with E-state index in [9.17, 15) is 14.4 Å². The van der Waals surface area contributed by atoms with Crippen LogP contribution in [0.1, 0.15) is 35.2 Å². The molecule has 3 heterocycles. The van der Waals surface area contributed by atoms with Crippen LogP contribution in [0.25, 0.3) is 0 Å². The van der Waals surface area contributed by atoms with E-state index < -0.39 is 11.9 Å². The number of carbonyl (C=O) groups excluding carboxylic acids is 3. The second kappa shape index (κ2) is 7.59. The van der Waals surface area contributed by atoms with Crippen LogP contribution in [0.2, 0.25) is 0 Å². The molecule has 0 aromatic heterocycles. The molecule has 0 spiro atoms. The van der Waals surface area contributed by atoms with Gasteiger partial charge in [-0.3, -0.25) is 19.7 Å². The summed E-state index contributed by atoms with van der Waals surface area (Å²) in [6, 6.07) is 4.67. The lowest BCUT2D eigenvalue weighted by atomic mass is 10.0. The Morgan fingerprint density at radius 1 is 1.36 bits per heavy atom. The van der Waals surface area contributed by atoms with Crippen molar-refractivity contribution in [1.82, 2.24) is 15.5 Å². The van der Waals surface area contributed by atoms with Crippen molar-refractivity contribution in [1.29, 1.82) is 0 Å². The van der Waals surface area contributed by atoms with Gasteiger partial charge in [0.1, 0.15) is 18.4 Å². The van der Waals surface area contributed by atoms with Gasteiger partial charge >= 0.3 is 0 Å². The summed E-state index contributed by atoms with van der Waals surface area (Å²) >= 11 is 0. The predicted octanol–water partition coefficient (Wildman–Crippen LogP) is 0.191. The van der Waals surface area contributed by atoms with Crippen molar-refractivity contribution in [3.8, 4) is 5.75 Å². The summed E-state index contributed by atoms with van der Waals surface area (Å²) < 4.78 is 5.93. The van der Waals surface area contributed by atoms with Crippen LogP contribution in [0.3, 0.4) is 0 Å². The van der Waals surface area contributed by atoms with Gasteiger partial charge in [0.05, 0.1) is 12.3 Å². The first-order valence-electron chi connectivity index (χ1n) is 9.32. The first kappa shape index (κ1) is 18.4. The molecular weight excluding hydrogens is 364 g/mol. The summed E-state index contributed by atoms with van der Waals surface area (Å²) in [6.07, 6.45) is 1.09. The molecule has 0 saturated carbocycles. The Labute approximate surface area is 162 Å². The summed E-state index contributed by atoms with van der Waals surface area (Å²) in [7, 11) is 1.85. The van der Waals surface area contributed by atoms with Crippen molar-refractivity contribution in [2.24, 2.45) is 5.16 Å². The third-order valence-corrected chi connectivity index (χ3v) is 5.14. The number of hydrogen-bond donors (Lipinski definition) is 2. The Morgan fingerprint density at radius 3 is 3.00 bits per heavy atom. The van der Waals surface area contributed by atoms with E-state index in [4.69, 9.17) is 9.57 Å². The molecule has 4 rings (SSSR count). The minimum absolute atomic E-state index is 0.164. The minimum atomic E-state index is -0.638. The van der Waals surface area contributed by atoms with Crippen molar-refractivity contribution in [3.05, 3.63) is 29.3 Å². The Hall–Kier alpha value is -2.94. The molecule has 1 aromatic rings. The number of imide groups is 1. The van der Waals surface area contributed by atoms with E-state index >= 15 is 0 Å². The Balaban J connectivity index is 1.43. The van der Waals surface area contributed by atoms with Gasteiger partial charge in [-0.2, -0.15) is 0 Å². The number of hydrogen-bond acceptors (Lipinski definition) is 7. The van der Waals surface area contributed by atoms with Gasteiger partial charge in [-0.15, -0.1) is 0 Å². The first-order chi connectivity index (χ1) is 13.6. The number of ether oxygens (including phenoxy) is 1. The molecule has 1 saturated heterocycles. The Kier molecular flexibility index (Phi) is 4.99. The minimum Gasteiger partial charge on any atom is -0.489 e. The Morgan fingerprint density at radius 2 is 2.21 bits per heavy atom. The van der Waals surface area contributed by atoms with Gasteiger partial charge in [-0.05, 0) is 25.6 Å². The molecule has 1 fully saturated rings. The predicted molar refractivity (Wildman–Crippen MR) is 98.8 cm³/mol. The zero-order valence-corrected chi connectivity index (χ0v) is 15.6. The van der Waals surface area contributed by atoms with Crippen molar-refractivity contribution >= 4 is 23.4 Å². The normalized spacial score (nSPS) is 24.0. The molecule has 0 bridgehead atoms. The average molecular weight is 386 g/mol. The van der Waals surface area contributed by atoms with Crippen LogP contribution < -0.4 is 15.4 Å². The highest BCUT2D eigenvalue weighted by Crippen LogP contribution is 2.33. The average Bonchev–Trinajstić information content (AvgIpc) is 3.26. The first-order valence-corrected chi connectivity index (χ1v) is 9.32. The number of amides is 3. The fraction of sp³-hybridized carbons (Fsp3) is 0.474. The maximum Gasteiger partial charge on any atom is 0.255 e. The smallest absolute Gasteiger partial charge is 0.255 e. The van der Waals surface area contributed by atoms with E-state index in [2.05, 4.69) is 15.8 Å². The van der Waals surface area contributed by atoms with Crippen LogP contribution in [0.4, 0.5) is 0 Å². The number of fused-ring (bicyclic) bond motifs is 1. The topological polar surface area (TPSA) is 109 Å². The SMILES string of the molecule is CNCC1=NOC(COc2cccc3c2CN(C2CCC(=O)NC2=O)C3=O)C1. The lowest BCUT2D eigenvalue weighted by molar-refractivity contribution is -0.136. The van der Waals surface area contributed by atoms with E-state index in [0.29, 0.717) is 37.3 Å². The maximum absolute atomic E-state index is 12.8. The number of nitrogens with zero attached hydrogens (tertiary/aromatic N) is 2. The second-order valence-corrected chi connectivity index (χ2v) is 7.11. The second-order valence-electron chi connectivity index (χ2n) is 7.11. The summed E-state index contributed by atoms with van der Waals surface area (Å²) in [5.74, 6) is -0.336. The van der Waals surface area contributed by atoms with Crippen LogP contribution in [-0.4, -0.2) is 60.7 Å². The van der Waals surface area contributed by atoms with Crippen molar-refractivity contribution in [2.45, 2.75) is 38.0 Å². The zero-order chi connectivity index (χ0) is 19.7. The number of nitrogens with one attached hydrogen (secondary N) is 2. The molecule has 2 atom stereocenters. The van der Waals surface area contributed by atoms with Gasteiger partial charge in [0.2, 0.25) is 11.8 Å². The molecule has 3 aliphatic rings. The van der Waals surface area contributed by atoms with E-state index in [0.717, 1.165) is 11.3 Å². The van der Waals surface area contributed by atoms with Crippen molar-refractivity contribution in [3.63, 3.8) is 0 Å². The third kappa shape index (κ3) is 3.45. The molecule has 9 heteroatoms. The molecule has 0 radical (unpaired) electrons. The number of benzene rings is 1. The van der Waals surface area contributed by atoms with Gasteiger partial charge in [-0.25, -0.2) is 0 Å². The van der Waals surface area contributed by atoms with Gasteiger partial charge in [0.15, 0.2) is 6.10 Å². The van der Waals surface area contributed by atoms with Gasteiger partial charge in [0, 0.05) is 30.5 Å². The monoisotopic (exact) mass is 386 g/mol. The molecule has 3 aliphatic heterocycles. The van der Waals surface area contributed by atoms with Crippen LogP contribution in [-0.2, 0) is 21.0 Å². The van der Waals surface area contributed by atoms with Crippen molar-refractivity contribution < 1.29 is 24.0 Å². The lowest BCUT2D eigenvalue weighted by Crippen LogP contribution is -2.52. The quantitative estimate of drug-likeness (QED) is 0.676. The van der Waals surface area contributed by atoms with Gasteiger partial charge in [0.25, 0.3) is 5.91 Å². The number of rotatable bonds is 6. The van der Waals surface area contributed by atoms with Crippen molar-refractivity contribution in [2.75, 3.05) is 20.2 Å². The zero-order valence-electron chi connectivity index (χ0n) is 15.6. The molecule has 0 aliphatic carbocycles. The highest BCUT2D eigenvalue weighted by Gasteiger charge is 2.40. The summed E-state index contributed by atoms with van der Waals surface area (Å²) in [5.41, 5.74) is 2.22. The summed E-state index contributed by atoms with van der Waals surface area (Å²) in [6.45, 7) is 1.27. The fourth-order valence-corrected chi connectivity index (χ4v) is 3.76. The van der Waals surface area contributed by atoms with Crippen LogP contribution in [0, 0.1) is 0 Å². The molecule has 2 N–H and O–H groups in total. The number of piperidine rings is 1. The molecule has 3 amide bonds. The third-order valence-electron chi connectivity index (χ3n) is 5.14. The van der Waals surface area contributed by atoms with Crippen LogP contribution in [0.15, 0.2) is 23.4 Å². The summed E-state index contributed by atoms with van der Waals surface area (Å²) in [4.78, 5) is 43.2. The highest BCUT2D eigenvalue weighted by molar-refractivity contribution is 6.05. The van der Waals surface area contributed by atoms with Gasteiger partial charge < -0.3 is 19.8 Å². The summed E-state index contributed by atoms with van der Waals surface area (Å²) in [5, 5.41) is 9.38. The maximum atomic E-state index is 12.8. The molecule has 1 aromatic carbocycles. The van der Waals surface area contributed by atoms with Crippen LogP contribution >= 0.6 is 0 Å². The van der Waals surface area contributed by atoms with Gasteiger partial charge in [-0.1, -0.05) is 11.2 Å². The largest absolute Gasteiger partial charge is 0.489 e. The lowest BCUT2D eigenvalue weighted by Gasteiger charge is -2.29. The van der Waals surface area contributed by atoms with E-state index in [1.54, 1.807) is 12.1 Å². The standard InChI is InChI=1S/C19H22N4O5/c1-20-8-11-7-12(28-22-11)10-27-16-4-2-3-13-14(16)9-23(19(13)26)15-5-6-17(24)21-18(15)25/h2-4,12,15,20H,5-10H2,1H3,(H,21,24,25).